The average Bonchev–Trinajstić information content (AvgIpc) is 2.42. The van der Waals surface area contributed by atoms with Gasteiger partial charge in [0.1, 0.15) is 0 Å². The van der Waals surface area contributed by atoms with Crippen LogP contribution in [0.4, 0.5) is 10.5 Å². The fraction of sp³-hybridized carbons (Fsp3) is 0.500. The number of rotatable bonds is 3. The number of aliphatic hydroxyl groups is 1. The third-order valence-electron chi connectivity index (χ3n) is 3.54. The fourth-order valence-electron chi connectivity index (χ4n) is 2.38. The van der Waals surface area contributed by atoms with Crippen LogP contribution in [0.5, 0.6) is 0 Å². The number of benzene rings is 1. The summed E-state index contributed by atoms with van der Waals surface area (Å²) in [6.45, 7) is 0.264. The van der Waals surface area contributed by atoms with Gasteiger partial charge >= 0.3 is 6.03 Å². The maximum Gasteiger partial charge on any atom is 0.319 e. The number of carbonyl (C=O) groups excluding carboxylic acids is 1. The summed E-state index contributed by atoms with van der Waals surface area (Å²) in [5.74, 6) is 0. The zero-order chi connectivity index (χ0) is 14.6. The van der Waals surface area contributed by atoms with E-state index in [4.69, 9.17) is 23.2 Å². The van der Waals surface area contributed by atoms with Gasteiger partial charge in [-0.15, -0.1) is 0 Å². The van der Waals surface area contributed by atoms with Gasteiger partial charge in [-0.2, -0.15) is 0 Å². The van der Waals surface area contributed by atoms with Gasteiger partial charge in [0.15, 0.2) is 0 Å². The highest BCUT2D eigenvalue weighted by Crippen LogP contribution is 2.27. The van der Waals surface area contributed by atoms with Crippen molar-refractivity contribution < 1.29 is 9.90 Å². The largest absolute Gasteiger partial charge is 0.388 e. The molecular formula is C14H18Cl2N2O2. The first kappa shape index (κ1) is 15.4. The lowest BCUT2D eigenvalue weighted by atomic mass is 9.85. The summed E-state index contributed by atoms with van der Waals surface area (Å²) in [6, 6.07) is 4.51. The summed E-state index contributed by atoms with van der Waals surface area (Å²) in [4.78, 5) is 11.8. The maximum absolute atomic E-state index is 11.8. The van der Waals surface area contributed by atoms with E-state index in [2.05, 4.69) is 10.6 Å². The molecule has 1 aliphatic carbocycles. The summed E-state index contributed by atoms with van der Waals surface area (Å²) < 4.78 is 0. The van der Waals surface area contributed by atoms with Crippen LogP contribution in [-0.2, 0) is 0 Å². The van der Waals surface area contributed by atoms with Crippen molar-refractivity contribution in [1.82, 2.24) is 5.32 Å². The van der Waals surface area contributed by atoms with Crippen molar-refractivity contribution in [2.45, 2.75) is 37.7 Å². The van der Waals surface area contributed by atoms with Gasteiger partial charge in [-0.05, 0) is 31.0 Å². The van der Waals surface area contributed by atoms with Gasteiger partial charge in [0.2, 0.25) is 0 Å². The highest BCUT2D eigenvalue weighted by atomic mass is 35.5. The van der Waals surface area contributed by atoms with Gasteiger partial charge < -0.3 is 15.7 Å². The minimum atomic E-state index is -0.771. The lowest BCUT2D eigenvalue weighted by Crippen LogP contribution is -2.45. The molecule has 2 amide bonds. The molecule has 0 spiro atoms. The number of nitrogens with one attached hydrogen (secondary N) is 2. The SMILES string of the molecule is O=C(NCC1(O)CCCCC1)Nc1ccc(Cl)c(Cl)c1. The lowest BCUT2D eigenvalue weighted by Gasteiger charge is -2.32. The zero-order valence-corrected chi connectivity index (χ0v) is 12.6. The number of amides is 2. The Morgan fingerprint density at radius 3 is 2.55 bits per heavy atom. The van der Waals surface area contributed by atoms with Crippen LogP contribution in [0, 0.1) is 0 Å². The van der Waals surface area contributed by atoms with E-state index in [-0.39, 0.29) is 12.6 Å². The number of hydrogen-bond donors (Lipinski definition) is 3. The molecule has 1 saturated carbocycles. The molecule has 1 fully saturated rings. The quantitative estimate of drug-likeness (QED) is 0.794. The second-order valence-electron chi connectivity index (χ2n) is 5.22. The summed E-state index contributed by atoms with van der Waals surface area (Å²) in [5.41, 5.74) is -0.208. The predicted octanol–water partition coefficient (Wildman–Crippen LogP) is 3.81. The standard InChI is InChI=1S/C14H18Cl2N2O2/c15-11-5-4-10(8-12(11)16)18-13(19)17-9-14(20)6-2-1-3-7-14/h4-5,8,20H,1-3,6-7,9H2,(H2,17,18,19). The predicted molar refractivity (Wildman–Crippen MR) is 81.5 cm³/mol. The van der Waals surface area contributed by atoms with Crippen LogP contribution in [0.25, 0.3) is 0 Å². The Morgan fingerprint density at radius 1 is 1.20 bits per heavy atom. The molecule has 1 aromatic carbocycles. The fourth-order valence-corrected chi connectivity index (χ4v) is 2.68. The van der Waals surface area contributed by atoms with Crippen molar-refractivity contribution in [1.29, 1.82) is 0 Å². The van der Waals surface area contributed by atoms with Crippen LogP contribution in [0.2, 0.25) is 10.0 Å². The van der Waals surface area contributed by atoms with Crippen molar-refractivity contribution >= 4 is 34.9 Å². The minimum absolute atomic E-state index is 0.264. The molecule has 2 rings (SSSR count). The first-order valence-corrected chi connectivity index (χ1v) is 7.46. The van der Waals surface area contributed by atoms with Crippen LogP contribution < -0.4 is 10.6 Å². The maximum atomic E-state index is 11.8. The van der Waals surface area contributed by atoms with Crippen molar-refractivity contribution in [2.24, 2.45) is 0 Å². The van der Waals surface area contributed by atoms with E-state index in [9.17, 15) is 9.90 Å². The summed E-state index contributed by atoms with van der Waals surface area (Å²) in [6.07, 6.45) is 4.64. The molecule has 0 atom stereocenters. The van der Waals surface area contributed by atoms with E-state index < -0.39 is 5.60 Å². The Labute approximate surface area is 128 Å². The third kappa shape index (κ3) is 4.27. The van der Waals surface area contributed by atoms with Crippen LogP contribution in [0.3, 0.4) is 0 Å². The molecule has 20 heavy (non-hydrogen) atoms. The molecule has 0 aliphatic heterocycles. The summed E-state index contributed by atoms with van der Waals surface area (Å²) in [7, 11) is 0. The van der Waals surface area contributed by atoms with E-state index in [0.717, 1.165) is 32.1 Å². The zero-order valence-electron chi connectivity index (χ0n) is 11.1. The van der Waals surface area contributed by atoms with Gasteiger partial charge in [0.25, 0.3) is 0 Å². The molecular weight excluding hydrogens is 299 g/mol. The van der Waals surface area contributed by atoms with Crippen molar-refractivity contribution in [3.05, 3.63) is 28.2 Å². The summed E-state index contributed by atoms with van der Waals surface area (Å²) >= 11 is 11.7. The van der Waals surface area contributed by atoms with Gasteiger partial charge in [-0.25, -0.2) is 4.79 Å². The van der Waals surface area contributed by atoms with E-state index in [1.54, 1.807) is 18.2 Å². The number of carbonyl (C=O) groups is 1. The minimum Gasteiger partial charge on any atom is -0.388 e. The highest BCUT2D eigenvalue weighted by Gasteiger charge is 2.29. The molecule has 0 heterocycles. The van der Waals surface area contributed by atoms with Gasteiger partial charge in [-0.1, -0.05) is 42.5 Å². The molecule has 6 heteroatoms. The van der Waals surface area contributed by atoms with E-state index >= 15 is 0 Å². The van der Waals surface area contributed by atoms with Crippen LogP contribution in [-0.4, -0.2) is 23.3 Å². The van der Waals surface area contributed by atoms with E-state index in [0.29, 0.717) is 15.7 Å². The van der Waals surface area contributed by atoms with Crippen LogP contribution in [0.15, 0.2) is 18.2 Å². The molecule has 0 bridgehead atoms. The van der Waals surface area contributed by atoms with Crippen LogP contribution >= 0.6 is 23.2 Å². The normalized spacial score (nSPS) is 17.6. The Kier molecular flexibility index (Phi) is 5.13. The smallest absolute Gasteiger partial charge is 0.319 e. The molecule has 0 saturated heterocycles. The van der Waals surface area contributed by atoms with Gasteiger partial charge in [-0.3, -0.25) is 0 Å². The highest BCUT2D eigenvalue weighted by molar-refractivity contribution is 6.42. The molecule has 0 aromatic heterocycles. The van der Waals surface area contributed by atoms with Gasteiger partial charge in [0.05, 0.1) is 15.6 Å². The second kappa shape index (κ2) is 6.66. The van der Waals surface area contributed by atoms with E-state index in [1.807, 2.05) is 0 Å². The average molecular weight is 317 g/mol. The van der Waals surface area contributed by atoms with Crippen molar-refractivity contribution in [3.63, 3.8) is 0 Å². The monoisotopic (exact) mass is 316 g/mol. The second-order valence-corrected chi connectivity index (χ2v) is 6.04. The van der Waals surface area contributed by atoms with E-state index in [1.165, 1.54) is 0 Å². The first-order valence-electron chi connectivity index (χ1n) is 6.71. The molecule has 4 nitrogen and oxygen atoms in total. The van der Waals surface area contributed by atoms with Crippen LogP contribution in [0.1, 0.15) is 32.1 Å². The molecule has 0 radical (unpaired) electrons. The third-order valence-corrected chi connectivity index (χ3v) is 4.28. The molecule has 1 aromatic rings. The Hall–Kier alpha value is -0.970. The number of urea groups is 1. The Bertz CT molecular complexity index is 488. The van der Waals surface area contributed by atoms with Crippen molar-refractivity contribution in [3.8, 4) is 0 Å². The van der Waals surface area contributed by atoms with Crippen molar-refractivity contribution in [2.75, 3.05) is 11.9 Å². The Balaban J connectivity index is 1.84. The number of hydrogen-bond acceptors (Lipinski definition) is 2. The molecule has 0 unspecified atom stereocenters. The number of anilines is 1. The topological polar surface area (TPSA) is 61.4 Å². The first-order chi connectivity index (χ1) is 9.48. The lowest BCUT2D eigenvalue weighted by molar-refractivity contribution is 0.00755. The Morgan fingerprint density at radius 2 is 1.90 bits per heavy atom. The molecule has 1 aliphatic rings. The van der Waals surface area contributed by atoms with Gasteiger partial charge in [0, 0.05) is 12.2 Å². The summed E-state index contributed by atoms with van der Waals surface area (Å²) in [5, 5.41) is 16.5. The number of halogens is 2. The molecule has 110 valence electrons. The molecule has 3 N–H and O–H groups in total.